The van der Waals surface area contributed by atoms with E-state index in [9.17, 15) is 13.2 Å². The number of rotatable bonds is 3. The van der Waals surface area contributed by atoms with E-state index in [1.54, 1.807) is 66.9 Å². The average Bonchev–Trinajstić information content (AvgIpc) is 2.94. The zero-order chi connectivity index (χ0) is 18.9. The molecular formula is C19H14N4O3S. The number of aromatic nitrogens is 1. The van der Waals surface area contributed by atoms with Gasteiger partial charge in [0.1, 0.15) is 10.7 Å². The summed E-state index contributed by atoms with van der Waals surface area (Å²) in [7, 11) is -3.68. The van der Waals surface area contributed by atoms with Gasteiger partial charge in [0.25, 0.3) is 15.9 Å². The van der Waals surface area contributed by atoms with E-state index in [2.05, 4.69) is 20.0 Å². The Hall–Kier alpha value is -3.52. The molecule has 1 amide bonds. The van der Waals surface area contributed by atoms with Crippen LogP contribution in [0.4, 0.5) is 11.5 Å². The molecule has 1 aliphatic rings. The summed E-state index contributed by atoms with van der Waals surface area (Å²) >= 11 is 0. The number of nitrogens with zero attached hydrogens (tertiary/aromatic N) is 2. The van der Waals surface area contributed by atoms with Crippen LogP contribution in [0.1, 0.15) is 15.9 Å². The number of nitrogens with one attached hydrogen (secondary N) is 2. The molecule has 0 spiro atoms. The highest BCUT2D eigenvalue weighted by molar-refractivity contribution is 7.90. The Balaban J connectivity index is 1.51. The van der Waals surface area contributed by atoms with Gasteiger partial charge in [-0.3, -0.25) is 4.79 Å². The summed E-state index contributed by atoms with van der Waals surface area (Å²) in [5.41, 5.74) is 1.59. The first-order valence-corrected chi connectivity index (χ1v) is 9.51. The van der Waals surface area contributed by atoms with Gasteiger partial charge in [-0.25, -0.2) is 4.98 Å². The lowest BCUT2D eigenvalue weighted by molar-refractivity contribution is 0.102. The van der Waals surface area contributed by atoms with E-state index in [0.717, 1.165) is 0 Å². The van der Waals surface area contributed by atoms with Gasteiger partial charge in [-0.05, 0) is 48.5 Å². The van der Waals surface area contributed by atoms with Gasteiger partial charge >= 0.3 is 0 Å². The fraction of sp³-hybridized carbons (Fsp3) is 0. The monoisotopic (exact) mass is 378 g/mol. The van der Waals surface area contributed by atoms with E-state index < -0.39 is 10.0 Å². The van der Waals surface area contributed by atoms with E-state index >= 15 is 0 Å². The molecular weight excluding hydrogens is 364 g/mol. The zero-order valence-electron chi connectivity index (χ0n) is 14.0. The van der Waals surface area contributed by atoms with Gasteiger partial charge in [-0.1, -0.05) is 18.2 Å². The number of amides is 1. The minimum absolute atomic E-state index is 0.179. The Morgan fingerprint density at radius 1 is 0.889 bits per heavy atom. The number of carbonyl (C=O) groups is 1. The zero-order valence-corrected chi connectivity index (χ0v) is 14.8. The molecule has 27 heavy (non-hydrogen) atoms. The molecule has 2 N–H and O–H groups in total. The first-order chi connectivity index (χ1) is 13.0. The minimum Gasteiger partial charge on any atom is -0.339 e. The second-order valence-corrected chi connectivity index (χ2v) is 7.36. The smallest absolute Gasteiger partial charge is 0.285 e. The van der Waals surface area contributed by atoms with Crippen molar-refractivity contribution < 1.29 is 13.2 Å². The molecule has 0 bridgehead atoms. The van der Waals surface area contributed by atoms with E-state index in [0.29, 0.717) is 22.6 Å². The Kier molecular flexibility index (Phi) is 4.17. The third kappa shape index (κ3) is 3.42. The van der Waals surface area contributed by atoms with Crippen LogP contribution in [-0.4, -0.2) is 25.1 Å². The summed E-state index contributed by atoms with van der Waals surface area (Å²) in [4.78, 5) is 16.5. The molecule has 2 aromatic carbocycles. The maximum absolute atomic E-state index is 12.2. The first-order valence-electron chi connectivity index (χ1n) is 8.07. The second kappa shape index (κ2) is 6.65. The maximum atomic E-state index is 12.2. The second-order valence-electron chi connectivity index (χ2n) is 5.78. The standard InChI is InChI=1S/C19H14N4O3S/c24-19(22-17-7-3-4-12-20-17)13-8-10-14(11-9-13)21-18-15-5-1-2-6-16(15)27(25,26)23-18/h1-12H,(H,21,23)(H,20,22,24). The number of fused-ring (bicyclic) bond motifs is 1. The number of pyridine rings is 1. The van der Waals surface area contributed by atoms with Crippen LogP contribution >= 0.6 is 0 Å². The molecule has 8 heteroatoms. The van der Waals surface area contributed by atoms with E-state index in [1.165, 1.54) is 6.07 Å². The van der Waals surface area contributed by atoms with Crippen molar-refractivity contribution in [2.45, 2.75) is 4.90 Å². The fourth-order valence-corrected chi connectivity index (χ4v) is 3.84. The molecule has 0 saturated heterocycles. The largest absolute Gasteiger partial charge is 0.339 e. The van der Waals surface area contributed by atoms with Gasteiger partial charge in [0.15, 0.2) is 5.84 Å². The number of benzene rings is 2. The third-order valence-corrected chi connectivity index (χ3v) is 5.28. The summed E-state index contributed by atoms with van der Waals surface area (Å²) < 4.78 is 28.0. The summed E-state index contributed by atoms with van der Waals surface area (Å²) in [5, 5.41) is 5.70. The Morgan fingerprint density at radius 3 is 2.37 bits per heavy atom. The van der Waals surface area contributed by atoms with Crippen molar-refractivity contribution in [2.75, 3.05) is 10.6 Å². The van der Waals surface area contributed by atoms with Crippen molar-refractivity contribution in [2.24, 2.45) is 4.40 Å². The number of hydrogen-bond acceptors (Lipinski definition) is 5. The Bertz CT molecular complexity index is 1140. The van der Waals surface area contributed by atoms with Crippen LogP contribution in [0.3, 0.4) is 0 Å². The van der Waals surface area contributed by atoms with Crippen LogP contribution in [0.25, 0.3) is 0 Å². The van der Waals surface area contributed by atoms with Gasteiger partial charge in [0, 0.05) is 23.0 Å². The van der Waals surface area contributed by atoms with Gasteiger partial charge in [0.05, 0.1) is 0 Å². The van der Waals surface area contributed by atoms with E-state index in [4.69, 9.17) is 0 Å². The highest BCUT2D eigenvalue weighted by Crippen LogP contribution is 2.26. The summed E-state index contributed by atoms with van der Waals surface area (Å²) in [6.07, 6.45) is 1.59. The van der Waals surface area contributed by atoms with E-state index in [-0.39, 0.29) is 16.6 Å². The van der Waals surface area contributed by atoms with Crippen molar-refractivity contribution in [3.63, 3.8) is 0 Å². The van der Waals surface area contributed by atoms with Gasteiger partial charge in [0.2, 0.25) is 0 Å². The molecule has 1 aromatic heterocycles. The number of anilines is 2. The quantitative estimate of drug-likeness (QED) is 0.730. The van der Waals surface area contributed by atoms with Crippen LogP contribution in [0.5, 0.6) is 0 Å². The first kappa shape index (κ1) is 16.9. The summed E-state index contributed by atoms with van der Waals surface area (Å²) in [6, 6.07) is 18.5. The molecule has 4 rings (SSSR count). The molecule has 0 atom stereocenters. The van der Waals surface area contributed by atoms with Crippen molar-refractivity contribution >= 4 is 33.3 Å². The highest BCUT2D eigenvalue weighted by atomic mass is 32.2. The predicted molar refractivity (Wildman–Crippen MR) is 102 cm³/mol. The molecule has 0 saturated carbocycles. The molecule has 3 aromatic rings. The summed E-state index contributed by atoms with van der Waals surface area (Å²) in [5.74, 6) is 0.439. The minimum atomic E-state index is -3.68. The lowest BCUT2D eigenvalue weighted by atomic mass is 10.1. The van der Waals surface area contributed by atoms with Crippen molar-refractivity contribution in [3.05, 3.63) is 84.1 Å². The van der Waals surface area contributed by atoms with Crippen LogP contribution in [-0.2, 0) is 10.0 Å². The van der Waals surface area contributed by atoms with Gasteiger partial charge in [-0.2, -0.15) is 8.42 Å². The molecule has 134 valence electrons. The lowest BCUT2D eigenvalue weighted by Gasteiger charge is -2.08. The SMILES string of the molecule is O=C(Nc1ccccn1)c1ccc(NC2=NS(=O)(=O)c3ccccc32)cc1. The topological polar surface area (TPSA) is 101 Å². The van der Waals surface area contributed by atoms with Gasteiger partial charge < -0.3 is 10.6 Å². The van der Waals surface area contributed by atoms with E-state index in [1.807, 2.05) is 0 Å². The lowest BCUT2D eigenvalue weighted by Crippen LogP contribution is -2.14. The molecule has 7 nitrogen and oxygen atoms in total. The maximum Gasteiger partial charge on any atom is 0.285 e. The van der Waals surface area contributed by atoms with Crippen molar-refractivity contribution in [1.82, 2.24) is 4.98 Å². The number of carbonyl (C=O) groups excluding carboxylic acids is 1. The Labute approximate surface area is 155 Å². The van der Waals surface area contributed by atoms with Crippen molar-refractivity contribution in [3.8, 4) is 0 Å². The normalized spacial score (nSPS) is 14.1. The number of hydrogen-bond donors (Lipinski definition) is 2. The van der Waals surface area contributed by atoms with Crippen LogP contribution in [0, 0.1) is 0 Å². The number of sulfonamides is 1. The number of amidine groups is 1. The average molecular weight is 378 g/mol. The van der Waals surface area contributed by atoms with Crippen LogP contribution in [0.15, 0.2) is 82.2 Å². The molecule has 0 unspecified atom stereocenters. The summed E-state index contributed by atoms with van der Waals surface area (Å²) in [6.45, 7) is 0. The Morgan fingerprint density at radius 2 is 1.63 bits per heavy atom. The third-order valence-electron chi connectivity index (χ3n) is 3.95. The van der Waals surface area contributed by atoms with Crippen LogP contribution < -0.4 is 10.6 Å². The van der Waals surface area contributed by atoms with Crippen LogP contribution in [0.2, 0.25) is 0 Å². The molecule has 0 radical (unpaired) electrons. The molecule has 2 heterocycles. The predicted octanol–water partition coefficient (Wildman–Crippen LogP) is 2.89. The molecule has 0 aliphatic carbocycles. The molecule has 0 fully saturated rings. The molecule has 1 aliphatic heterocycles. The highest BCUT2D eigenvalue weighted by Gasteiger charge is 2.28. The van der Waals surface area contributed by atoms with Crippen molar-refractivity contribution in [1.29, 1.82) is 0 Å². The van der Waals surface area contributed by atoms with Gasteiger partial charge in [-0.15, -0.1) is 4.40 Å². The fourth-order valence-electron chi connectivity index (χ4n) is 2.66.